The second-order valence-electron chi connectivity index (χ2n) is 6.38. The van der Waals surface area contributed by atoms with E-state index in [9.17, 15) is 18.0 Å². The molecule has 2 heterocycles. The Kier molecular flexibility index (Phi) is 5.26. The molecule has 0 radical (unpaired) electrons. The van der Waals surface area contributed by atoms with Crippen LogP contribution in [0.15, 0.2) is 30.5 Å². The van der Waals surface area contributed by atoms with Crippen LogP contribution in [-0.4, -0.2) is 34.0 Å². The monoisotopic (exact) mass is 367 g/mol. The molecule has 140 valence electrons. The molecular formula is C17H20F3N5O. The Bertz CT molecular complexity index is 768. The standard InChI is InChI=1S/C17H20F3N5O/c1-11(12-3-2-4-13(9-12)17(18,19)20)22-16(26)15-10-25(24-23-15)14-5-7-21-8-6-14/h2-4,9-11,14,21H,5-8H2,1H3,(H,22,26). The minimum Gasteiger partial charge on any atom is -0.344 e. The van der Waals surface area contributed by atoms with Crippen molar-refractivity contribution >= 4 is 5.91 Å². The van der Waals surface area contributed by atoms with Crippen LogP contribution in [0.2, 0.25) is 0 Å². The lowest BCUT2D eigenvalue weighted by molar-refractivity contribution is -0.137. The fourth-order valence-electron chi connectivity index (χ4n) is 2.97. The van der Waals surface area contributed by atoms with Crippen LogP contribution in [0.3, 0.4) is 0 Å². The minimum atomic E-state index is -4.42. The maximum absolute atomic E-state index is 12.8. The maximum atomic E-state index is 12.8. The van der Waals surface area contributed by atoms with E-state index in [2.05, 4.69) is 20.9 Å². The molecule has 0 aliphatic carbocycles. The molecule has 2 aromatic rings. The van der Waals surface area contributed by atoms with Gasteiger partial charge in [0.25, 0.3) is 5.91 Å². The lowest BCUT2D eigenvalue weighted by Crippen LogP contribution is -2.29. The second kappa shape index (κ2) is 7.45. The fraction of sp³-hybridized carbons (Fsp3) is 0.471. The van der Waals surface area contributed by atoms with Crippen LogP contribution in [0.4, 0.5) is 13.2 Å². The van der Waals surface area contributed by atoms with E-state index in [1.807, 2.05) is 0 Å². The van der Waals surface area contributed by atoms with Gasteiger partial charge in [-0.25, -0.2) is 4.68 Å². The van der Waals surface area contributed by atoms with E-state index < -0.39 is 23.7 Å². The van der Waals surface area contributed by atoms with Crippen molar-refractivity contribution in [3.63, 3.8) is 0 Å². The zero-order valence-corrected chi connectivity index (χ0v) is 14.3. The smallest absolute Gasteiger partial charge is 0.344 e. The van der Waals surface area contributed by atoms with Gasteiger partial charge >= 0.3 is 6.18 Å². The molecule has 1 fully saturated rings. The van der Waals surface area contributed by atoms with Gasteiger partial charge in [0.15, 0.2) is 5.69 Å². The van der Waals surface area contributed by atoms with Crippen LogP contribution < -0.4 is 10.6 Å². The molecule has 1 amide bonds. The highest BCUT2D eigenvalue weighted by molar-refractivity contribution is 5.92. The van der Waals surface area contributed by atoms with Gasteiger partial charge in [-0.15, -0.1) is 5.10 Å². The summed E-state index contributed by atoms with van der Waals surface area (Å²) in [7, 11) is 0. The van der Waals surface area contributed by atoms with Crippen molar-refractivity contribution < 1.29 is 18.0 Å². The SMILES string of the molecule is CC(NC(=O)c1cn(C2CCNCC2)nn1)c1cccc(C(F)(F)F)c1. The molecule has 3 rings (SSSR count). The quantitative estimate of drug-likeness (QED) is 0.872. The van der Waals surface area contributed by atoms with Crippen LogP contribution in [0, 0.1) is 0 Å². The zero-order chi connectivity index (χ0) is 18.7. The number of alkyl halides is 3. The van der Waals surface area contributed by atoms with E-state index in [1.54, 1.807) is 23.9 Å². The summed E-state index contributed by atoms with van der Waals surface area (Å²) in [4.78, 5) is 12.3. The van der Waals surface area contributed by atoms with Crippen molar-refractivity contribution in [1.29, 1.82) is 0 Å². The van der Waals surface area contributed by atoms with Crippen LogP contribution in [-0.2, 0) is 6.18 Å². The second-order valence-corrected chi connectivity index (χ2v) is 6.38. The van der Waals surface area contributed by atoms with Crippen molar-refractivity contribution in [3.05, 3.63) is 47.3 Å². The van der Waals surface area contributed by atoms with Gasteiger partial charge in [-0.2, -0.15) is 13.2 Å². The molecule has 26 heavy (non-hydrogen) atoms. The average molecular weight is 367 g/mol. The Morgan fingerprint density at radius 1 is 1.35 bits per heavy atom. The van der Waals surface area contributed by atoms with Gasteiger partial charge < -0.3 is 10.6 Å². The van der Waals surface area contributed by atoms with Crippen molar-refractivity contribution in [2.45, 2.75) is 38.0 Å². The van der Waals surface area contributed by atoms with E-state index in [-0.39, 0.29) is 11.7 Å². The third-order valence-corrected chi connectivity index (χ3v) is 4.49. The first kappa shape index (κ1) is 18.4. The molecule has 6 nitrogen and oxygen atoms in total. The van der Waals surface area contributed by atoms with E-state index in [0.717, 1.165) is 38.1 Å². The minimum absolute atomic E-state index is 0.155. The first-order chi connectivity index (χ1) is 12.3. The predicted octanol–water partition coefficient (Wildman–Crippen LogP) is 2.71. The summed E-state index contributed by atoms with van der Waals surface area (Å²) in [6, 6.07) is 4.53. The number of piperidine rings is 1. The van der Waals surface area contributed by atoms with Crippen LogP contribution in [0.25, 0.3) is 0 Å². The molecule has 1 aliphatic rings. The summed E-state index contributed by atoms with van der Waals surface area (Å²) < 4.78 is 40.2. The summed E-state index contributed by atoms with van der Waals surface area (Å²) in [6.07, 6.45) is -1.02. The summed E-state index contributed by atoms with van der Waals surface area (Å²) in [6.45, 7) is 3.40. The van der Waals surface area contributed by atoms with Gasteiger partial charge in [0.1, 0.15) is 0 Å². The summed E-state index contributed by atoms with van der Waals surface area (Å²) in [5.74, 6) is -0.463. The summed E-state index contributed by atoms with van der Waals surface area (Å²) in [5.41, 5.74) is -0.214. The van der Waals surface area contributed by atoms with E-state index in [0.29, 0.717) is 5.56 Å². The average Bonchev–Trinajstić information content (AvgIpc) is 3.12. The van der Waals surface area contributed by atoms with E-state index >= 15 is 0 Å². The number of hydrogen-bond acceptors (Lipinski definition) is 4. The Morgan fingerprint density at radius 3 is 2.77 bits per heavy atom. The Balaban J connectivity index is 1.67. The molecule has 1 atom stereocenters. The normalized spacial score (nSPS) is 17.1. The molecule has 1 aromatic heterocycles. The summed E-state index contributed by atoms with van der Waals surface area (Å²) in [5, 5.41) is 13.8. The number of rotatable bonds is 4. The van der Waals surface area contributed by atoms with Crippen LogP contribution in [0.1, 0.15) is 53.5 Å². The van der Waals surface area contributed by atoms with Gasteiger partial charge in [-0.1, -0.05) is 17.3 Å². The van der Waals surface area contributed by atoms with Gasteiger partial charge in [-0.05, 0) is 50.6 Å². The zero-order valence-electron chi connectivity index (χ0n) is 14.3. The topological polar surface area (TPSA) is 71.8 Å². The maximum Gasteiger partial charge on any atom is 0.416 e. The highest BCUT2D eigenvalue weighted by Gasteiger charge is 2.31. The Morgan fingerprint density at radius 2 is 2.08 bits per heavy atom. The Labute approximate surface area is 148 Å². The van der Waals surface area contributed by atoms with Crippen LogP contribution in [0.5, 0.6) is 0 Å². The number of amides is 1. The molecule has 0 saturated carbocycles. The lowest BCUT2D eigenvalue weighted by Gasteiger charge is -2.22. The van der Waals surface area contributed by atoms with Crippen molar-refractivity contribution in [3.8, 4) is 0 Å². The molecule has 1 unspecified atom stereocenters. The highest BCUT2D eigenvalue weighted by atomic mass is 19.4. The first-order valence-electron chi connectivity index (χ1n) is 8.45. The van der Waals surface area contributed by atoms with Crippen molar-refractivity contribution in [2.75, 3.05) is 13.1 Å². The van der Waals surface area contributed by atoms with Gasteiger partial charge in [-0.3, -0.25) is 4.79 Å². The lowest BCUT2D eigenvalue weighted by atomic mass is 10.0. The number of nitrogens with one attached hydrogen (secondary N) is 2. The molecule has 9 heteroatoms. The Hall–Kier alpha value is -2.42. The van der Waals surface area contributed by atoms with E-state index in [4.69, 9.17) is 0 Å². The first-order valence-corrected chi connectivity index (χ1v) is 8.45. The summed E-state index contributed by atoms with van der Waals surface area (Å²) >= 11 is 0. The van der Waals surface area contributed by atoms with Crippen LogP contribution >= 0.6 is 0 Å². The molecule has 0 bridgehead atoms. The molecule has 0 spiro atoms. The largest absolute Gasteiger partial charge is 0.416 e. The molecule has 1 aliphatic heterocycles. The number of hydrogen-bond donors (Lipinski definition) is 2. The third-order valence-electron chi connectivity index (χ3n) is 4.49. The van der Waals surface area contributed by atoms with Crippen molar-refractivity contribution in [2.24, 2.45) is 0 Å². The van der Waals surface area contributed by atoms with Gasteiger partial charge in [0.2, 0.25) is 0 Å². The highest BCUT2D eigenvalue weighted by Crippen LogP contribution is 2.30. The van der Waals surface area contributed by atoms with E-state index in [1.165, 1.54) is 6.07 Å². The number of nitrogens with zero attached hydrogens (tertiary/aromatic N) is 3. The number of halogens is 3. The van der Waals surface area contributed by atoms with Crippen molar-refractivity contribution in [1.82, 2.24) is 25.6 Å². The fourth-order valence-corrected chi connectivity index (χ4v) is 2.97. The predicted molar refractivity (Wildman–Crippen MR) is 88.5 cm³/mol. The van der Waals surface area contributed by atoms with Gasteiger partial charge in [0.05, 0.1) is 23.8 Å². The number of carbonyl (C=O) groups excluding carboxylic acids is 1. The molecular weight excluding hydrogens is 347 g/mol. The van der Waals surface area contributed by atoms with Gasteiger partial charge in [0, 0.05) is 0 Å². The molecule has 1 saturated heterocycles. The third kappa shape index (κ3) is 4.21. The number of carbonyl (C=O) groups is 1. The number of aromatic nitrogens is 3. The molecule has 2 N–H and O–H groups in total. The number of benzene rings is 1. The molecule has 1 aromatic carbocycles.